The molecule has 2 aliphatic heterocycles. The molecule has 0 saturated carbocycles. The Hall–Kier alpha value is -3.32. The molecule has 42 heavy (non-hydrogen) atoms. The molecule has 220 valence electrons. The van der Waals surface area contributed by atoms with Crippen molar-refractivity contribution >= 4 is 40.6 Å². The molecule has 6 nitrogen and oxygen atoms in total. The summed E-state index contributed by atoms with van der Waals surface area (Å²) in [5, 5.41) is 4.63. The standard InChI is InChI=1S/C34H37Cl2N3O3/c1-23(40)39-21-27-19-29(33(32(22-39)37-27)34(41)38(2)17-16-24-7-4-3-5-8-24)26-12-10-25(11-13-26)9-6-18-42-28-14-15-30(35)31(36)20-28/h3-5,7-8,10-15,20,27,32,37H,6,9,16-19,21-22H2,1-2H3/t27-,32-/m1/s1. The number of halogens is 2. The van der Waals surface area contributed by atoms with Crippen LogP contribution in [0.4, 0.5) is 0 Å². The van der Waals surface area contributed by atoms with E-state index in [1.807, 2.05) is 41.1 Å². The normalized spacial score (nSPS) is 18.1. The van der Waals surface area contributed by atoms with E-state index in [4.69, 9.17) is 27.9 Å². The van der Waals surface area contributed by atoms with E-state index in [0.29, 0.717) is 48.5 Å². The predicted octanol–water partition coefficient (Wildman–Crippen LogP) is 6.05. The van der Waals surface area contributed by atoms with Crippen LogP contribution < -0.4 is 10.1 Å². The molecule has 2 amide bonds. The van der Waals surface area contributed by atoms with Crippen LogP contribution >= 0.6 is 23.2 Å². The summed E-state index contributed by atoms with van der Waals surface area (Å²) < 4.78 is 5.83. The lowest BCUT2D eigenvalue weighted by Crippen LogP contribution is -2.61. The van der Waals surface area contributed by atoms with Gasteiger partial charge in [-0.25, -0.2) is 0 Å². The SMILES string of the molecule is CC(=O)N1C[C@H]2CC(c3ccc(CCCOc4ccc(Cl)c(Cl)c4)cc3)=C(C(=O)N(C)CCc3ccccc3)[C@@H](C1)N2. The summed E-state index contributed by atoms with van der Waals surface area (Å²) in [5.74, 6) is 0.773. The van der Waals surface area contributed by atoms with Gasteiger partial charge in [0.05, 0.1) is 22.7 Å². The molecule has 2 bridgehead atoms. The Morgan fingerprint density at radius 3 is 2.40 bits per heavy atom. The van der Waals surface area contributed by atoms with Crippen molar-refractivity contribution < 1.29 is 14.3 Å². The number of carbonyl (C=O) groups is 2. The zero-order valence-corrected chi connectivity index (χ0v) is 25.6. The van der Waals surface area contributed by atoms with Gasteiger partial charge in [0.1, 0.15) is 5.75 Å². The fourth-order valence-electron chi connectivity index (χ4n) is 5.78. The molecule has 0 radical (unpaired) electrons. The largest absolute Gasteiger partial charge is 0.494 e. The fourth-order valence-corrected chi connectivity index (χ4v) is 6.07. The van der Waals surface area contributed by atoms with Crippen LogP contribution in [-0.4, -0.2) is 67.0 Å². The Morgan fingerprint density at radius 2 is 1.69 bits per heavy atom. The Bertz CT molecular complexity index is 1440. The number of aryl methyl sites for hydroxylation is 1. The lowest BCUT2D eigenvalue weighted by molar-refractivity contribution is -0.132. The number of amides is 2. The van der Waals surface area contributed by atoms with Gasteiger partial charge in [-0.15, -0.1) is 0 Å². The highest BCUT2D eigenvalue weighted by atomic mass is 35.5. The summed E-state index contributed by atoms with van der Waals surface area (Å²) in [6.07, 6.45) is 3.21. The van der Waals surface area contributed by atoms with E-state index in [0.717, 1.165) is 36.0 Å². The molecule has 2 atom stereocenters. The maximum atomic E-state index is 14.0. The third kappa shape index (κ3) is 7.35. The molecule has 0 aliphatic carbocycles. The molecule has 2 heterocycles. The summed E-state index contributed by atoms with van der Waals surface area (Å²) in [5.41, 5.74) is 5.33. The van der Waals surface area contributed by atoms with Crippen LogP contribution in [0.1, 0.15) is 36.5 Å². The molecule has 2 aliphatic rings. The van der Waals surface area contributed by atoms with Gasteiger partial charge < -0.3 is 19.9 Å². The van der Waals surface area contributed by atoms with Crippen LogP contribution in [0.25, 0.3) is 5.57 Å². The molecular weight excluding hydrogens is 569 g/mol. The van der Waals surface area contributed by atoms with Crippen LogP contribution in [0, 0.1) is 0 Å². The highest BCUT2D eigenvalue weighted by molar-refractivity contribution is 6.42. The molecule has 0 unspecified atom stereocenters. The van der Waals surface area contributed by atoms with Crippen molar-refractivity contribution in [1.29, 1.82) is 0 Å². The van der Waals surface area contributed by atoms with Gasteiger partial charge in [-0.1, -0.05) is 77.8 Å². The number of benzene rings is 3. The van der Waals surface area contributed by atoms with Crippen molar-refractivity contribution in [2.75, 3.05) is 33.3 Å². The summed E-state index contributed by atoms with van der Waals surface area (Å²) >= 11 is 12.1. The average Bonchev–Trinajstić information content (AvgIpc) is 3.00. The highest BCUT2D eigenvalue weighted by Gasteiger charge is 2.39. The van der Waals surface area contributed by atoms with E-state index in [1.54, 1.807) is 19.1 Å². The Balaban J connectivity index is 1.29. The van der Waals surface area contributed by atoms with Gasteiger partial charge in [0.25, 0.3) is 5.91 Å². The van der Waals surface area contributed by atoms with Gasteiger partial charge in [-0.05, 0) is 60.1 Å². The third-order valence-electron chi connectivity index (χ3n) is 8.08. The maximum absolute atomic E-state index is 14.0. The van der Waals surface area contributed by atoms with Crippen LogP contribution in [0.2, 0.25) is 10.0 Å². The molecule has 3 aromatic rings. The molecule has 1 saturated heterocycles. The lowest BCUT2D eigenvalue weighted by Gasteiger charge is -2.44. The van der Waals surface area contributed by atoms with E-state index in [9.17, 15) is 9.59 Å². The van der Waals surface area contributed by atoms with E-state index < -0.39 is 0 Å². The number of ether oxygens (including phenoxy) is 1. The van der Waals surface area contributed by atoms with Gasteiger partial charge in [0.15, 0.2) is 0 Å². The molecule has 0 aromatic heterocycles. The summed E-state index contributed by atoms with van der Waals surface area (Å²) in [4.78, 5) is 29.9. The number of carbonyl (C=O) groups excluding carboxylic acids is 2. The van der Waals surface area contributed by atoms with Crippen molar-refractivity contribution in [3.8, 4) is 5.75 Å². The van der Waals surface area contributed by atoms with E-state index in [1.165, 1.54) is 11.1 Å². The molecule has 5 rings (SSSR count). The van der Waals surface area contributed by atoms with Crippen LogP contribution in [0.3, 0.4) is 0 Å². The molecule has 3 aromatic carbocycles. The molecule has 8 heteroatoms. The van der Waals surface area contributed by atoms with Crippen molar-refractivity contribution in [2.45, 2.75) is 44.7 Å². The summed E-state index contributed by atoms with van der Waals surface area (Å²) in [6.45, 7) is 3.95. The summed E-state index contributed by atoms with van der Waals surface area (Å²) in [6, 6.07) is 24.0. The third-order valence-corrected chi connectivity index (χ3v) is 8.82. The average molecular weight is 607 g/mol. The minimum absolute atomic E-state index is 0.0193. The molecule has 0 spiro atoms. The zero-order chi connectivity index (χ0) is 29.6. The second kappa shape index (κ2) is 13.8. The van der Waals surface area contributed by atoms with E-state index in [-0.39, 0.29) is 23.9 Å². The van der Waals surface area contributed by atoms with Gasteiger partial charge in [-0.3, -0.25) is 9.59 Å². The topological polar surface area (TPSA) is 61.9 Å². The number of hydrogen-bond donors (Lipinski definition) is 1. The predicted molar refractivity (Wildman–Crippen MR) is 169 cm³/mol. The number of fused-ring (bicyclic) bond motifs is 2. The van der Waals surface area contributed by atoms with Crippen LogP contribution in [-0.2, 0) is 22.4 Å². The number of hydrogen-bond acceptors (Lipinski definition) is 4. The van der Waals surface area contributed by atoms with Crippen molar-refractivity contribution in [1.82, 2.24) is 15.1 Å². The first-order valence-corrected chi connectivity index (χ1v) is 15.2. The first kappa shape index (κ1) is 30.1. The minimum Gasteiger partial charge on any atom is -0.494 e. The second-order valence-electron chi connectivity index (χ2n) is 11.1. The van der Waals surface area contributed by atoms with Crippen molar-refractivity contribution in [3.05, 3.63) is 105 Å². The summed E-state index contributed by atoms with van der Waals surface area (Å²) in [7, 11) is 1.87. The minimum atomic E-state index is -0.193. The zero-order valence-electron chi connectivity index (χ0n) is 24.1. The first-order valence-electron chi connectivity index (χ1n) is 14.5. The Labute approximate surface area is 258 Å². The van der Waals surface area contributed by atoms with Gasteiger partial charge >= 0.3 is 0 Å². The number of likely N-dealkylation sites (N-methyl/N-ethyl adjacent to an activating group) is 1. The van der Waals surface area contributed by atoms with Gasteiger partial charge in [0, 0.05) is 51.3 Å². The lowest BCUT2D eigenvalue weighted by atomic mass is 9.82. The molecule has 1 N–H and O–H groups in total. The quantitative estimate of drug-likeness (QED) is 0.286. The monoisotopic (exact) mass is 605 g/mol. The molecule has 1 fully saturated rings. The smallest absolute Gasteiger partial charge is 0.251 e. The molecular formula is C34H37Cl2N3O3. The number of rotatable bonds is 10. The van der Waals surface area contributed by atoms with Crippen molar-refractivity contribution in [3.63, 3.8) is 0 Å². The highest BCUT2D eigenvalue weighted by Crippen LogP contribution is 2.34. The maximum Gasteiger partial charge on any atom is 0.251 e. The van der Waals surface area contributed by atoms with Crippen LogP contribution in [0.5, 0.6) is 5.75 Å². The number of nitrogens with zero attached hydrogens (tertiary/aromatic N) is 2. The first-order chi connectivity index (χ1) is 20.3. The fraction of sp³-hybridized carbons (Fsp3) is 0.353. The van der Waals surface area contributed by atoms with E-state index >= 15 is 0 Å². The number of nitrogens with one attached hydrogen (secondary N) is 1. The number of piperazine rings is 1. The van der Waals surface area contributed by atoms with E-state index in [2.05, 4.69) is 41.7 Å². The van der Waals surface area contributed by atoms with Gasteiger partial charge in [0.2, 0.25) is 5.91 Å². The Kier molecular flexibility index (Phi) is 9.88. The van der Waals surface area contributed by atoms with Crippen LogP contribution in [0.15, 0.2) is 78.4 Å². The Morgan fingerprint density at radius 1 is 0.952 bits per heavy atom. The van der Waals surface area contributed by atoms with Gasteiger partial charge in [-0.2, -0.15) is 0 Å². The van der Waals surface area contributed by atoms with Crippen molar-refractivity contribution in [2.24, 2.45) is 0 Å². The second-order valence-corrected chi connectivity index (χ2v) is 11.9.